The van der Waals surface area contributed by atoms with Crippen molar-refractivity contribution in [1.29, 1.82) is 0 Å². The summed E-state index contributed by atoms with van der Waals surface area (Å²) >= 11 is 0. The maximum atomic E-state index is 6.11. The minimum Gasteiger partial charge on any atom is -0.383 e. The highest BCUT2D eigenvalue weighted by molar-refractivity contribution is 5.47. The number of nitrogen functional groups attached to an aromatic ring is 1. The van der Waals surface area contributed by atoms with Gasteiger partial charge in [0.2, 0.25) is 0 Å². The first-order valence-corrected chi connectivity index (χ1v) is 7.17. The summed E-state index contributed by atoms with van der Waals surface area (Å²) in [5, 5.41) is 3.55. The van der Waals surface area contributed by atoms with E-state index in [2.05, 4.69) is 31.1 Å². The number of likely N-dealkylation sites (N-methyl/N-ethyl adjacent to an activating group) is 1. The van der Waals surface area contributed by atoms with Crippen molar-refractivity contribution in [1.82, 2.24) is 10.3 Å². The van der Waals surface area contributed by atoms with E-state index in [-0.39, 0.29) is 11.6 Å². The van der Waals surface area contributed by atoms with Gasteiger partial charge in [0.15, 0.2) is 0 Å². The summed E-state index contributed by atoms with van der Waals surface area (Å²) in [6.45, 7) is 8.10. The minimum atomic E-state index is -0.198. The Hall–Kier alpha value is -1.13. The Morgan fingerprint density at radius 2 is 2.32 bits per heavy atom. The zero-order chi connectivity index (χ0) is 13.9. The van der Waals surface area contributed by atoms with E-state index in [1.165, 1.54) is 12.0 Å². The van der Waals surface area contributed by atoms with Crippen LogP contribution in [0.5, 0.6) is 0 Å². The number of nitrogens with zero attached hydrogens (tertiary/aromatic N) is 1. The molecule has 106 valence electrons. The second-order valence-electron chi connectivity index (χ2n) is 5.54. The molecule has 2 heterocycles. The molecule has 1 fully saturated rings. The summed E-state index contributed by atoms with van der Waals surface area (Å²) in [5.74, 6) is 0.612. The lowest BCUT2D eigenvalue weighted by atomic mass is 9.82. The van der Waals surface area contributed by atoms with Gasteiger partial charge in [-0.25, -0.2) is 4.98 Å². The van der Waals surface area contributed by atoms with E-state index in [9.17, 15) is 0 Å². The van der Waals surface area contributed by atoms with Gasteiger partial charge in [-0.3, -0.25) is 0 Å². The predicted molar refractivity (Wildman–Crippen MR) is 78.0 cm³/mol. The van der Waals surface area contributed by atoms with Gasteiger partial charge in [0, 0.05) is 18.4 Å². The molecule has 19 heavy (non-hydrogen) atoms. The summed E-state index contributed by atoms with van der Waals surface area (Å²) in [4.78, 5) is 4.25. The van der Waals surface area contributed by atoms with Crippen LogP contribution >= 0.6 is 0 Å². The number of rotatable bonds is 4. The SMILES string of the molecule is CCNC(c1c(C)ccnc1N)C1(C)CCCCO1. The van der Waals surface area contributed by atoms with Gasteiger partial charge < -0.3 is 15.8 Å². The fraction of sp³-hybridized carbons (Fsp3) is 0.667. The summed E-state index contributed by atoms with van der Waals surface area (Å²) < 4.78 is 6.10. The molecule has 3 N–H and O–H groups in total. The third-order valence-electron chi connectivity index (χ3n) is 4.05. The Balaban J connectivity index is 2.39. The summed E-state index contributed by atoms with van der Waals surface area (Å²) in [6, 6.07) is 2.12. The highest BCUT2D eigenvalue weighted by atomic mass is 16.5. The van der Waals surface area contributed by atoms with Crippen molar-refractivity contribution in [3.05, 3.63) is 23.4 Å². The second kappa shape index (κ2) is 5.88. The van der Waals surface area contributed by atoms with E-state index in [4.69, 9.17) is 10.5 Å². The predicted octanol–water partition coefficient (Wildman–Crippen LogP) is 2.58. The van der Waals surface area contributed by atoms with Gasteiger partial charge >= 0.3 is 0 Å². The first-order valence-electron chi connectivity index (χ1n) is 7.17. The number of anilines is 1. The van der Waals surface area contributed by atoms with Gasteiger partial charge in [0.05, 0.1) is 11.6 Å². The Kier molecular flexibility index (Phi) is 4.42. The molecule has 0 spiro atoms. The number of aryl methyl sites for hydroxylation is 1. The average molecular weight is 263 g/mol. The van der Waals surface area contributed by atoms with Crippen LogP contribution in [0.2, 0.25) is 0 Å². The molecule has 4 nitrogen and oxygen atoms in total. The lowest BCUT2D eigenvalue weighted by Crippen LogP contribution is -2.46. The molecule has 2 unspecified atom stereocenters. The number of nitrogens with two attached hydrogens (primary N) is 1. The van der Waals surface area contributed by atoms with Crippen molar-refractivity contribution in [3.63, 3.8) is 0 Å². The third-order valence-corrected chi connectivity index (χ3v) is 4.05. The van der Waals surface area contributed by atoms with E-state index >= 15 is 0 Å². The van der Waals surface area contributed by atoms with Crippen LogP contribution in [0.15, 0.2) is 12.3 Å². The fourth-order valence-electron chi connectivity index (χ4n) is 2.98. The van der Waals surface area contributed by atoms with E-state index in [0.29, 0.717) is 5.82 Å². The van der Waals surface area contributed by atoms with Crippen LogP contribution in [0.25, 0.3) is 0 Å². The van der Waals surface area contributed by atoms with Crippen LogP contribution in [-0.2, 0) is 4.74 Å². The molecular weight excluding hydrogens is 238 g/mol. The Morgan fingerprint density at radius 1 is 1.53 bits per heavy atom. The smallest absolute Gasteiger partial charge is 0.128 e. The van der Waals surface area contributed by atoms with Crippen molar-refractivity contribution in [3.8, 4) is 0 Å². The van der Waals surface area contributed by atoms with E-state index in [0.717, 1.165) is 31.6 Å². The highest BCUT2D eigenvalue weighted by Crippen LogP contribution is 2.39. The van der Waals surface area contributed by atoms with E-state index in [1.807, 2.05) is 6.07 Å². The van der Waals surface area contributed by atoms with Crippen LogP contribution in [-0.4, -0.2) is 23.7 Å². The molecule has 0 aliphatic carbocycles. The Labute approximate surface area is 115 Å². The van der Waals surface area contributed by atoms with Gasteiger partial charge in [-0.15, -0.1) is 0 Å². The maximum absolute atomic E-state index is 6.11. The molecule has 1 aromatic rings. The molecule has 0 amide bonds. The quantitative estimate of drug-likeness (QED) is 0.876. The van der Waals surface area contributed by atoms with Gasteiger partial charge in [-0.2, -0.15) is 0 Å². The molecule has 1 aromatic heterocycles. The van der Waals surface area contributed by atoms with Crippen LogP contribution in [0.3, 0.4) is 0 Å². The van der Waals surface area contributed by atoms with Crippen LogP contribution in [0.1, 0.15) is 50.3 Å². The zero-order valence-electron chi connectivity index (χ0n) is 12.2. The Bertz CT molecular complexity index is 407. The number of nitrogens with one attached hydrogen (secondary N) is 1. The molecule has 4 heteroatoms. The maximum Gasteiger partial charge on any atom is 0.128 e. The van der Waals surface area contributed by atoms with Crippen molar-refractivity contribution in [2.45, 2.75) is 51.7 Å². The molecule has 1 aliphatic heterocycles. The van der Waals surface area contributed by atoms with Crippen LogP contribution in [0.4, 0.5) is 5.82 Å². The molecule has 1 aliphatic rings. The van der Waals surface area contributed by atoms with Crippen LogP contribution < -0.4 is 11.1 Å². The topological polar surface area (TPSA) is 60.2 Å². The standard InChI is InChI=1S/C15H25N3O/c1-4-17-13(15(3)8-5-6-10-19-15)12-11(2)7-9-18-14(12)16/h7,9,13,17H,4-6,8,10H2,1-3H3,(H2,16,18). The van der Waals surface area contributed by atoms with Crippen molar-refractivity contribution >= 4 is 5.82 Å². The van der Waals surface area contributed by atoms with Gasteiger partial charge in [0.1, 0.15) is 5.82 Å². The largest absolute Gasteiger partial charge is 0.383 e. The minimum absolute atomic E-state index is 0.103. The van der Waals surface area contributed by atoms with E-state index < -0.39 is 0 Å². The third kappa shape index (κ3) is 2.90. The summed E-state index contributed by atoms with van der Waals surface area (Å²) in [7, 11) is 0. The number of pyridine rings is 1. The zero-order valence-corrected chi connectivity index (χ0v) is 12.2. The molecule has 2 atom stereocenters. The summed E-state index contributed by atoms with van der Waals surface area (Å²) in [5.41, 5.74) is 8.18. The van der Waals surface area contributed by atoms with Gasteiger partial charge in [0.25, 0.3) is 0 Å². The monoisotopic (exact) mass is 263 g/mol. The molecule has 2 rings (SSSR count). The molecule has 0 aromatic carbocycles. The molecule has 0 radical (unpaired) electrons. The number of hydrogen-bond donors (Lipinski definition) is 2. The molecule has 0 saturated carbocycles. The van der Waals surface area contributed by atoms with E-state index in [1.54, 1.807) is 6.20 Å². The van der Waals surface area contributed by atoms with Crippen molar-refractivity contribution in [2.24, 2.45) is 0 Å². The van der Waals surface area contributed by atoms with Crippen LogP contribution in [0, 0.1) is 6.92 Å². The number of hydrogen-bond acceptors (Lipinski definition) is 4. The van der Waals surface area contributed by atoms with Gasteiger partial charge in [-0.05, 0) is 51.3 Å². The molecule has 0 bridgehead atoms. The Morgan fingerprint density at radius 3 is 2.89 bits per heavy atom. The fourth-order valence-corrected chi connectivity index (χ4v) is 2.98. The molecule has 1 saturated heterocycles. The molecular formula is C15H25N3O. The average Bonchev–Trinajstić information content (AvgIpc) is 2.38. The second-order valence-corrected chi connectivity index (χ2v) is 5.54. The first-order chi connectivity index (χ1) is 9.08. The van der Waals surface area contributed by atoms with Gasteiger partial charge in [-0.1, -0.05) is 6.92 Å². The number of aromatic nitrogens is 1. The van der Waals surface area contributed by atoms with Crippen molar-refractivity contribution < 1.29 is 4.74 Å². The lowest BCUT2D eigenvalue weighted by molar-refractivity contribution is -0.0895. The highest BCUT2D eigenvalue weighted by Gasteiger charge is 2.39. The number of ether oxygens (including phenoxy) is 1. The summed E-state index contributed by atoms with van der Waals surface area (Å²) in [6.07, 6.45) is 5.17. The normalized spacial score (nSPS) is 25.2. The first kappa shape index (κ1) is 14.3. The lowest BCUT2D eigenvalue weighted by Gasteiger charge is -2.42. The van der Waals surface area contributed by atoms with Crippen molar-refractivity contribution in [2.75, 3.05) is 18.9 Å².